The number of carbonyl (C=O) groups is 1. The molecule has 0 spiro atoms. The largest absolute Gasteiger partial charge is 0.508 e. The van der Waals surface area contributed by atoms with Gasteiger partial charge >= 0.3 is 0 Å². The summed E-state index contributed by atoms with van der Waals surface area (Å²) >= 11 is 13.3. The van der Waals surface area contributed by atoms with Gasteiger partial charge < -0.3 is 10.4 Å². The number of aromatic hydroxyl groups is 1. The summed E-state index contributed by atoms with van der Waals surface area (Å²) in [5.74, 6) is -0.0616. The van der Waals surface area contributed by atoms with Crippen molar-refractivity contribution >= 4 is 57.8 Å². The average molecular weight is 365 g/mol. The van der Waals surface area contributed by atoms with E-state index in [0.29, 0.717) is 25.8 Å². The van der Waals surface area contributed by atoms with Gasteiger partial charge in [-0.05, 0) is 47.7 Å². The maximum atomic E-state index is 12.0. The molecule has 2 aromatic rings. The average Bonchev–Trinajstić information content (AvgIpc) is 2.86. The highest BCUT2D eigenvalue weighted by atomic mass is 35.5. The van der Waals surface area contributed by atoms with Gasteiger partial charge in [0.2, 0.25) is 0 Å². The molecule has 0 bridgehead atoms. The van der Waals surface area contributed by atoms with Crippen LogP contribution < -0.4 is 5.32 Å². The number of aliphatic imine (C=N–C) groups is 1. The van der Waals surface area contributed by atoms with Crippen LogP contribution in [0.5, 0.6) is 5.75 Å². The van der Waals surface area contributed by atoms with Crippen LogP contribution in [0.25, 0.3) is 6.08 Å². The van der Waals surface area contributed by atoms with Crippen LogP contribution >= 0.6 is 35.0 Å². The summed E-state index contributed by atoms with van der Waals surface area (Å²) in [5.41, 5.74) is 1.30. The van der Waals surface area contributed by atoms with Gasteiger partial charge in [0.25, 0.3) is 5.91 Å². The highest BCUT2D eigenvalue weighted by Gasteiger charge is 2.24. The summed E-state index contributed by atoms with van der Waals surface area (Å²) in [6.07, 6.45) is 1.72. The number of carbonyl (C=O) groups excluding carboxylic acids is 1. The number of phenolic OH excluding ortho intramolecular Hbond substituents is 1. The normalized spacial score (nSPS) is 17.7. The maximum absolute atomic E-state index is 12.0. The number of amidine groups is 1. The highest BCUT2D eigenvalue weighted by Crippen LogP contribution is 2.34. The summed E-state index contributed by atoms with van der Waals surface area (Å²) in [7, 11) is 0. The topological polar surface area (TPSA) is 61.7 Å². The zero-order valence-corrected chi connectivity index (χ0v) is 13.9. The molecule has 7 heteroatoms. The number of benzene rings is 2. The first-order chi connectivity index (χ1) is 11.0. The second-order valence-electron chi connectivity index (χ2n) is 4.65. The molecule has 1 amide bonds. The first-order valence-corrected chi connectivity index (χ1v) is 8.13. The monoisotopic (exact) mass is 364 g/mol. The van der Waals surface area contributed by atoms with E-state index in [4.69, 9.17) is 23.2 Å². The van der Waals surface area contributed by atoms with E-state index in [2.05, 4.69) is 10.3 Å². The van der Waals surface area contributed by atoms with Crippen LogP contribution in [0.1, 0.15) is 5.56 Å². The fourth-order valence-electron chi connectivity index (χ4n) is 1.89. The van der Waals surface area contributed by atoms with Crippen molar-refractivity contribution in [1.82, 2.24) is 5.32 Å². The number of hydrogen-bond donors (Lipinski definition) is 2. The van der Waals surface area contributed by atoms with Crippen molar-refractivity contribution < 1.29 is 9.90 Å². The number of halogens is 2. The molecule has 2 N–H and O–H groups in total. The third kappa shape index (κ3) is 3.69. The lowest BCUT2D eigenvalue weighted by Crippen LogP contribution is -2.19. The molecule has 0 atom stereocenters. The van der Waals surface area contributed by atoms with Crippen LogP contribution in [0.2, 0.25) is 10.0 Å². The van der Waals surface area contributed by atoms with Crippen LogP contribution in [-0.4, -0.2) is 16.2 Å². The number of rotatable bonds is 2. The van der Waals surface area contributed by atoms with Crippen LogP contribution in [0.3, 0.4) is 0 Å². The first-order valence-electron chi connectivity index (χ1n) is 6.55. The molecule has 3 rings (SSSR count). The molecular formula is C16H10Cl2N2O2S. The van der Waals surface area contributed by atoms with E-state index in [1.807, 2.05) is 0 Å². The Morgan fingerprint density at radius 3 is 2.61 bits per heavy atom. The number of phenols is 1. The van der Waals surface area contributed by atoms with Crippen molar-refractivity contribution in [1.29, 1.82) is 0 Å². The van der Waals surface area contributed by atoms with Gasteiger partial charge in [0.1, 0.15) is 5.75 Å². The van der Waals surface area contributed by atoms with E-state index >= 15 is 0 Å². The second kappa shape index (κ2) is 6.66. The van der Waals surface area contributed by atoms with E-state index < -0.39 is 0 Å². The zero-order valence-electron chi connectivity index (χ0n) is 11.6. The Morgan fingerprint density at radius 1 is 1.13 bits per heavy atom. The molecule has 0 unspecified atom stereocenters. The maximum Gasteiger partial charge on any atom is 0.264 e. The lowest BCUT2D eigenvalue weighted by atomic mass is 10.2. The van der Waals surface area contributed by atoms with Crippen molar-refractivity contribution in [3.63, 3.8) is 0 Å². The van der Waals surface area contributed by atoms with Crippen LogP contribution in [0, 0.1) is 0 Å². The smallest absolute Gasteiger partial charge is 0.264 e. The Hall–Kier alpha value is -1.95. The van der Waals surface area contributed by atoms with Crippen molar-refractivity contribution in [2.24, 2.45) is 4.99 Å². The van der Waals surface area contributed by atoms with Gasteiger partial charge in [0.05, 0.1) is 20.6 Å². The van der Waals surface area contributed by atoms with Crippen molar-refractivity contribution in [2.45, 2.75) is 0 Å². The Kier molecular flexibility index (Phi) is 4.61. The molecule has 1 fully saturated rings. The SMILES string of the molecule is O=C1NC(=Nc2cccc(Cl)c2Cl)SC1=Cc1ccc(O)cc1. The molecule has 116 valence electrons. The van der Waals surface area contributed by atoms with Gasteiger partial charge in [-0.15, -0.1) is 0 Å². The van der Waals surface area contributed by atoms with Gasteiger partial charge in [-0.2, -0.15) is 0 Å². The van der Waals surface area contributed by atoms with E-state index in [-0.39, 0.29) is 11.7 Å². The lowest BCUT2D eigenvalue weighted by molar-refractivity contribution is -0.115. The number of hydrogen-bond acceptors (Lipinski definition) is 4. The number of thioether (sulfide) groups is 1. The van der Waals surface area contributed by atoms with Gasteiger partial charge in [0, 0.05) is 0 Å². The predicted molar refractivity (Wildman–Crippen MR) is 95.4 cm³/mol. The van der Waals surface area contributed by atoms with Crippen molar-refractivity contribution in [3.8, 4) is 5.75 Å². The number of amides is 1. The fraction of sp³-hybridized carbons (Fsp3) is 0. The number of nitrogens with zero attached hydrogens (tertiary/aromatic N) is 1. The van der Waals surface area contributed by atoms with E-state index in [9.17, 15) is 9.90 Å². The molecular weight excluding hydrogens is 355 g/mol. The fourth-order valence-corrected chi connectivity index (χ4v) is 3.06. The van der Waals surface area contributed by atoms with Crippen molar-refractivity contribution in [2.75, 3.05) is 0 Å². The summed E-state index contributed by atoms with van der Waals surface area (Å²) in [6, 6.07) is 11.7. The Balaban J connectivity index is 1.86. The molecule has 4 nitrogen and oxygen atoms in total. The molecule has 1 aliphatic rings. The molecule has 23 heavy (non-hydrogen) atoms. The highest BCUT2D eigenvalue weighted by molar-refractivity contribution is 8.18. The molecule has 2 aromatic carbocycles. The summed E-state index contributed by atoms with van der Waals surface area (Å²) in [6.45, 7) is 0. The van der Waals surface area contributed by atoms with E-state index in [0.717, 1.165) is 5.56 Å². The minimum absolute atomic E-state index is 0.175. The zero-order chi connectivity index (χ0) is 16.4. The molecule has 0 aliphatic carbocycles. The predicted octanol–water partition coefficient (Wildman–Crippen LogP) is 4.59. The summed E-state index contributed by atoms with van der Waals surface area (Å²) in [5, 5.41) is 13.1. The molecule has 1 aliphatic heterocycles. The van der Waals surface area contributed by atoms with Gasteiger partial charge in [-0.1, -0.05) is 41.4 Å². The Bertz CT molecular complexity index is 832. The number of nitrogens with one attached hydrogen (secondary N) is 1. The van der Waals surface area contributed by atoms with Gasteiger partial charge in [-0.3, -0.25) is 4.79 Å². The van der Waals surface area contributed by atoms with Crippen LogP contribution in [0.15, 0.2) is 52.4 Å². The van der Waals surface area contributed by atoms with Gasteiger partial charge in [0.15, 0.2) is 5.17 Å². The Morgan fingerprint density at radius 2 is 1.87 bits per heavy atom. The molecule has 0 aromatic heterocycles. The lowest BCUT2D eigenvalue weighted by Gasteiger charge is -2.00. The quantitative estimate of drug-likeness (QED) is 0.766. The molecule has 1 heterocycles. The third-order valence-corrected chi connectivity index (χ3v) is 4.71. The van der Waals surface area contributed by atoms with Crippen molar-refractivity contribution in [3.05, 3.63) is 63.0 Å². The van der Waals surface area contributed by atoms with Crippen LogP contribution in [-0.2, 0) is 4.79 Å². The minimum Gasteiger partial charge on any atom is -0.508 e. The summed E-state index contributed by atoms with van der Waals surface area (Å²) in [4.78, 5) is 16.8. The molecule has 1 saturated heterocycles. The van der Waals surface area contributed by atoms with Gasteiger partial charge in [-0.25, -0.2) is 4.99 Å². The Labute approximate surface area is 146 Å². The van der Waals surface area contributed by atoms with Crippen LogP contribution in [0.4, 0.5) is 5.69 Å². The molecule has 0 radical (unpaired) electrons. The standard InChI is InChI=1S/C16H10Cl2N2O2S/c17-11-2-1-3-12(14(11)18)19-16-20-15(22)13(23-16)8-9-4-6-10(21)7-5-9/h1-8,21H,(H,19,20,22). The van der Waals surface area contributed by atoms with E-state index in [1.165, 1.54) is 11.8 Å². The first kappa shape index (κ1) is 15.9. The molecule has 0 saturated carbocycles. The second-order valence-corrected chi connectivity index (χ2v) is 6.46. The summed E-state index contributed by atoms with van der Waals surface area (Å²) < 4.78 is 0. The third-order valence-electron chi connectivity index (χ3n) is 2.99. The van der Waals surface area contributed by atoms with E-state index in [1.54, 1.807) is 48.5 Å². The minimum atomic E-state index is -0.236.